The third kappa shape index (κ3) is 0.914. The molecule has 0 aliphatic heterocycles. The summed E-state index contributed by atoms with van der Waals surface area (Å²) in [6.07, 6.45) is 0. The van der Waals surface area contributed by atoms with Crippen molar-refractivity contribution in [3.8, 4) is 0 Å². The SMILES string of the molecule is Cc1[nH]nc2ccc(Br)c(N)c12. The quantitative estimate of drug-likeness (QED) is 0.676. The number of hydrogen-bond acceptors (Lipinski definition) is 2. The molecule has 0 saturated heterocycles. The van der Waals surface area contributed by atoms with Gasteiger partial charge in [0.05, 0.1) is 11.2 Å². The van der Waals surface area contributed by atoms with Crippen molar-refractivity contribution >= 4 is 32.5 Å². The van der Waals surface area contributed by atoms with E-state index in [1.54, 1.807) is 0 Å². The number of hydrogen-bond donors (Lipinski definition) is 2. The Kier molecular flexibility index (Phi) is 1.58. The second-order valence-corrected chi connectivity index (χ2v) is 3.56. The number of fused-ring (bicyclic) bond motifs is 1. The van der Waals surface area contributed by atoms with Crippen LogP contribution in [0.25, 0.3) is 10.9 Å². The fraction of sp³-hybridized carbons (Fsp3) is 0.125. The van der Waals surface area contributed by atoms with Crippen LogP contribution in [-0.4, -0.2) is 10.2 Å². The maximum Gasteiger partial charge on any atom is 0.0945 e. The Hall–Kier alpha value is -1.03. The molecule has 12 heavy (non-hydrogen) atoms. The third-order valence-electron chi connectivity index (χ3n) is 1.89. The van der Waals surface area contributed by atoms with Gasteiger partial charge in [-0.2, -0.15) is 5.10 Å². The Bertz CT molecular complexity index is 433. The first-order valence-electron chi connectivity index (χ1n) is 3.59. The normalized spacial score (nSPS) is 10.8. The molecule has 0 radical (unpaired) electrons. The highest BCUT2D eigenvalue weighted by Crippen LogP contribution is 2.29. The van der Waals surface area contributed by atoms with Crippen LogP contribution in [0.1, 0.15) is 5.69 Å². The first kappa shape index (κ1) is 7.61. The lowest BCUT2D eigenvalue weighted by molar-refractivity contribution is 1.07. The molecule has 4 heteroatoms. The van der Waals surface area contributed by atoms with Gasteiger partial charge >= 0.3 is 0 Å². The lowest BCUT2D eigenvalue weighted by Crippen LogP contribution is -1.87. The van der Waals surface area contributed by atoms with Gasteiger partial charge in [0.15, 0.2) is 0 Å². The third-order valence-corrected chi connectivity index (χ3v) is 2.58. The van der Waals surface area contributed by atoms with Crippen molar-refractivity contribution < 1.29 is 0 Å². The minimum Gasteiger partial charge on any atom is -0.397 e. The number of anilines is 1. The van der Waals surface area contributed by atoms with Gasteiger partial charge in [0.1, 0.15) is 0 Å². The molecule has 3 nitrogen and oxygen atoms in total. The van der Waals surface area contributed by atoms with Crippen molar-refractivity contribution in [2.45, 2.75) is 6.92 Å². The lowest BCUT2D eigenvalue weighted by atomic mass is 10.2. The van der Waals surface area contributed by atoms with Gasteiger partial charge in [-0.3, -0.25) is 5.10 Å². The summed E-state index contributed by atoms with van der Waals surface area (Å²) in [4.78, 5) is 0. The highest BCUT2D eigenvalue weighted by atomic mass is 79.9. The molecule has 2 aromatic rings. The number of aromatic amines is 1. The van der Waals surface area contributed by atoms with Gasteiger partial charge in [0, 0.05) is 15.6 Å². The highest BCUT2D eigenvalue weighted by Gasteiger charge is 2.06. The molecular weight excluding hydrogens is 218 g/mol. The first-order chi connectivity index (χ1) is 5.70. The molecule has 0 fully saturated rings. The first-order valence-corrected chi connectivity index (χ1v) is 4.38. The van der Waals surface area contributed by atoms with E-state index in [1.807, 2.05) is 19.1 Å². The smallest absolute Gasteiger partial charge is 0.0945 e. The standard InChI is InChI=1S/C8H8BrN3/c1-4-7-6(12-11-4)3-2-5(9)8(7)10/h2-3H,10H2,1H3,(H,11,12). The van der Waals surface area contributed by atoms with E-state index >= 15 is 0 Å². The molecule has 1 aromatic carbocycles. The Morgan fingerprint density at radius 2 is 2.25 bits per heavy atom. The molecule has 0 atom stereocenters. The lowest BCUT2D eigenvalue weighted by Gasteiger charge is -1.98. The van der Waals surface area contributed by atoms with E-state index < -0.39 is 0 Å². The molecule has 1 heterocycles. The fourth-order valence-corrected chi connectivity index (χ4v) is 1.60. The van der Waals surface area contributed by atoms with Crippen LogP contribution in [0.3, 0.4) is 0 Å². The maximum absolute atomic E-state index is 5.86. The van der Waals surface area contributed by atoms with Crippen LogP contribution in [0.5, 0.6) is 0 Å². The molecule has 0 bridgehead atoms. The van der Waals surface area contributed by atoms with Gasteiger partial charge in [0.2, 0.25) is 0 Å². The number of aromatic nitrogens is 2. The molecule has 3 N–H and O–H groups in total. The van der Waals surface area contributed by atoms with Crippen LogP contribution in [0.2, 0.25) is 0 Å². The second-order valence-electron chi connectivity index (χ2n) is 2.70. The van der Waals surface area contributed by atoms with Crippen LogP contribution < -0.4 is 5.73 Å². The summed E-state index contributed by atoms with van der Waals surface area (Å²) in [5.74, 6) is 0. The van der Waals surface area contributed by atoms with E-state index in [9.17, 15) is 0 Å². The van der Waals surface area contributed by atoms with Gasteiger partial charge < -0.3 is 5.73 Å². The van der Waals surface area contributed by atoms with Crippen molar-refractivity contribution in [1.82, 2.24) is 10.2 Å². The van der Waals surface area contributed by atoms with Gasteiger partial charge in [-0.25, -0.2) is 0 Å². The summed E-state index contributed by atoms with van der Waals surface area (Å²) in [6, 6.07) is 3.83. The number of rotatable bonds is 0. The number of H-pyrrole nitrogens is 1. The number of nitrogen functional groups attached to an aromatic ring is 1. The number of nitrogens with two attached hydrogens (primary N) is 1. The number of halogens is 1. The molecule has 2 rings (SSSR count). The van der Waals surface area contributed by atoms with Crippen molar-refractivity contribution in [1.29, 1.82) is 0 Å². The summed E-state index contributed by atoms with van der Waals surface area (Å²) >= 11 is 3.37. The molecule has 1 aromatic heterocycles. The highest BCUT2D eigenvalue weighted by molar-refractivity contribution is 9.10. The summed E-state index contributed by atoms with van der Waals surface area (Å²) < 4.78 is 0.916. The van der Waals surface area contributed by atoms with Gasteiger partial charge in [0.25, 0.3) is 0 Å². The van der Waals surface area contributed by atoms with Crippen molar-refractivity contribution in [2.24, 2.45) is 0 Å². The van der Waals surface area contributed by atoms with Crippen LogP contribution in [0.4, 0.5) is 5.69 Å². The zero-order valence-electron chi connectivity index (χ0n) is 6.56. The summed E-state index contributed by atoms with van der Waals surface area (Å²) in [5, 5.41) is 7.99. The predicted molar refractivity (Wildman–Crippen MR) is 52.9 cm³/mol. The average Bonchev–Trinajstić information content (AvgIpc) is 2.41. The van der Waals surface area contributed by atoms with E-state index in [4.69, 9.17) is 5.73 Å². The Balaban J connectivity index is 2.96. The molecular formula is C8H8BrN3. The van der Waals surface area contributed by atoms with E-state index in [2.05, 4.69) is 26.1 Å². The summed E-state index contributed by atoms with van der Waals surface area (Å²) in [6.45, 7) is 1.96. The Labute approximate surface area is 78.1 Å². The molecule has 0 aliphatic rings. The zero-order valence-corrected chi connectivity index (χ0v) is 8.14. The van der Waals surface area contributed by atoms with Gasteiger partial charge in [-0.15, -0.1) is 0 Å². The predicted octanol–water partition coefficient (Wildman–Crippen LogP) is 2.22. The fourth-order valence-electron chi connectivity index (χ4n) is 1.27. The molecule has 62 valence electrons. The largest absolute Gasteiger partial charge is 0.397 e. The van der Waals surface area contributed by atoms with Crippen LogP contribution in [-0.2, 0) is 0 Å². The minimum absolute atomic E-state index is 0.749. The van der Waals surface area contributed by atoms with Crippen LogP contribution in [0.15, 0.2) is 16.6 Å². The van der Waals surface area contributed by atoms with E-state index in [-0.39, 0.29) is 0 Å². The summed E-state index contributed by atoms with van der Waals surface area (Å²) in [5.41, 5.74) is 8.52. The van der Waals surface area contributed by atoms with Crippen LogP contribution in [0, 0.1) is 6.92 Å². The topological polar surface area (TPSA) is 54.7 Å². The molecule has 0 saturated carbocycles. The second kappa shape index (κ2) is 2.48. The van der Waals surface area contributed by atoms with Gasteiger partial charge in [-0.05, 0) is 35.0 Å². The molecule has 0 amide bonds. The van der Waals surface area contributed by atoms with Crippen molar-refractivity contribution in [3.05, 3.63) is 22.3 Å². The maximum atomic E-state index is 5.86. The number of nitrogens with one attached hydrogen (secondary N) is 1. The molecule has 0 aliphatic carbocycles. The number of nitrogens with zero attached hydrogens (tertiary/aromatic N) is 1. The van der Waals surface area contributed by atoms with Gasteiger partial charge in [-0.1, -0.05) is 0 Å². The molecule has 0 unspecified atom stereocenters. The Morgan fingerprint density at radius 3 is 3.00 bits per heavy atom. The van der Waals surface area contributed by atoms with E-state index in [0.29, 0.717) is 0 Å². The van der Waals surface area contributed by atoms with E-state index in [0.717, 1.165) is 26.8 Å². The van der Waals surface area contributed by atoms with Crippen molar-refractivity contribution in [3.63, 3.8) is 0 Å². The Morgan fingerprint density at radius 1 is 1.50 bits per heavy atom. The van der Waals surface area contributed by atoms with E-state index in [1.165, 1.54) is 0 Å². The molecule has 0 spiro atoms. The van der Waals surface area contributed by atoms with Crippen LogP contribution >= 0.6 is 15.9 Å². The monoisotopic (exact) mass is 225 g/mol. The zero-order chi connectivity index (χ0) is 8.72. The number of benzene rings is 1. The van der Waals surface area contributed by atoms with Crippen molar-refractivity contribution in [2.75, 3.05) is 5.73 Å². The minimum atomic E-state index is 0.749. The number of aryl methyl sites for hydroxylation is 1. The average molecular weight is 226 g/mol. The summed E-state index contributed by atoms with van der Waals surface area (Å²) in [7, 11) is 0.